The largest absolute Gasteiger partial charge is 0.393 e. The van der Waals surface area contributed by atoms with E-state index in [1.54, 1.807) is 7.11 Å². The Labute approximate surface area is 114 Å². The molecule has 1 saturated carbocycles. The van der Waals surface area contributed by atoms with Crippen molar-refractivity contribution in [3.8, 4) is 0 Å². The van der Waals surface area contributed by atoms with E-state index in [0.717, 1.165) is 32.1 Å². The van der Waals surface area contributed by atoms with Gasteiger partial charge in [-0.05, 0) is 32.1 Å². The molecule has 1 aliphatic carbocycles. The van der Waals surface area contributed by atoms with Gasteiger partial charge in [-0.3, -0.25) is 4.79 Å². The Morgan fingerprint density at radius 2 is 2.11 bits per heavy atom. The maximum absolute atomic E-state index is 12.6. The van der Waals surface area contributed by atoms with Crippen molar-refractivity contribution >= 4 is 5.91 Å². The monoisotopic (exact) mass is 271 g/mol. The van der Waals surface area contributed by atoms with Gasteiger partial charge in [0, 0.05) is 26.2 Å². The van der Waals surface area contributed by atoms with Crippen LogP contribution in [0.4, 0.5) is 0 Å². The highest BCUT2D eigenvalue weighted by Gasteiger charge is 2.33. The highest BCUT2D eigenvalue weighted by atomic mass is 16.5. The van der Waals surface area contributed by atoms with Crippen molar-refractivity contribution in [1.29, 1.82) is 0 Å². The molecule has 5 nitrogen and oxygen atoms in total. The number of rotatable bonds is 4. The van der Waals surface area contributed by atoms with Crippen LogP contribution in [0.25, 0.3) is 0 Å². The van der Waals surface area contributed by atoms with Gasteiger partial charge in [0.2, 0.25) is 5.91 Å². The van der Waals surface area contributed by atoms with Crippen LogP contribution in [-0.2, 0) is 14.3 Å². The molecular formula is C14H25NO4. The third kappa shape index (κ3) is 3.91. The predicted octanol–water partition coefficient (Wildman–Crippen LogP) is 0.801. The molecule has 1 atom stereocenters. The van der Waals surface area contributed by atoms with Crippen molar-refractivity contribution in [3.63, 3.8) is 0 Å². The third-order valence-electron chi connectivity index (χ3n) is 4.21. The molecule has 0 aromatic rings. The second-order valence-corrected chi connectivity index (χ2v) is 5.55. The molecule has 1 unspecified atom stereocenters. The molecule has 0 aromatic heterocycles. The highest BCUT2D eigenvalue weighted by Crippen LogP contribution is 2.27. The lowest BCUT2D eigenvalue weighted by molar-refractivity contribution is -0.146. The molecule has 110 valence electrons. The average molecular weight is 271 g/mol. The summed E-state index contributed by atoms with van der Waals surface area (Å²) in [5, 5.41) is 9.53. The van der Waals surface area contributed by atoms with E-state index < -0.39 is 0 Å². The summed E-state index contributed by atoms with van der Waals surface area (Å²) in [6.45, 7) is 2.59. The van der Waals surface area contributed by atoms with Crippen molar-refractivity contribution in [2.75, 3.05) is 33.5 Å². The molecule has 2 aliphatic rings. The van der Waals surface area contributed by atoms with Crippen molar-refractivity contribution in [3.05, 3.63) is 0 Å². The summed E-state index contributed by atoms with van der Waals surface area (Å²) in [5.74, 6) is 0.336. The Kier molecular flexibility index (Phi) is 5.60. The molecule has 1 amide bonds. The fourth-order valence-corrected chi connectivity index (χ4v) is 3.00. The number of hydrogen-bond donors (Lipinski definition) is 1. The van der Waals surface area contributed by atoms with E-state index in [1.807, 2.05) is 4.90 Å². The van der Waals surface area contributed by atoms with Crippen LogP contribution in [0, 0.1) is 5.92 Å². The summed E-state index contributed by atoms with van der Waals surface area (Å²) in [6, 6.07) is 0.146. The number of carbonyl (C=O) groups excluding carboxylic acids is 1. The molecule has 1 N–H and O–H groups in total. The van der Waals surface area contributed by atoms with Gasteiger partial charge in [-0.15, -0.1) is 0 Å². The van der Waals surface area contributed by atoms with E-state index in [0.29, 0.717) is 26.4 Å². The first kappa shape index (κ1) is 14.8. The fourth-order valence-electron chi connectivity index (χ4n) is 3.00. The van der Waals surface area contributed by atoms with Crippen molar-refractivity contribution in [1.82, 2.24) is 4.90 Å². The van der Waals surface area contributed by atoms with E-state index >= 15 is 0 Å². The Morgan fingerprint density at radius 1 is 1.37 bits per heavy atom. The molecule has 0 aromatic carbocycles. The highest BCUT2D eigenvalue weighted by molar-refractivity contribution is 5.79. The van der Waals surface area contributed by atoms with Gasteiger partial charge in [-0.2, -0.15) is 0 Å². The van der Waals surface area contributed by atoms with Crippen LogP contribution in [-0.4, -0.2) is 61.5 Å². The number of morpholine rings is 1. The lowest BCUT2D eigenvalue weighted by Gasteiger charge is -2.38. The van der Waals surface area contributed by atoms with E-state index in [4.69, 9.17) is 9.47 Å². The Morgan fingerprint density at radius 3 is 2.79 bits per heavy atom. The van der Waals surface area contributed by atoms with E-state index in [2.05, 4.69) is 0 Å². The summed E-state index contributed by atoms with van der Waals surface area (Å²) in [7, 11) is 1.68. The second kappa shape index (κ2) is 7.22. The predicted molar refractivity (Wildman–Crippen MR) is 70.8 cm³/mol. The SMILES string of the molecule is COCCC1COCCN1C(=O)C1CCC(O)CC1. The summed E-state index contributed by atoms with van der Waals surface area (Å²) < 4.78 is 10.6. The van der Waals surface area contributed by atoms with Crippen LogP contribution in [0.3, 0.4) is 0 Å². The number of ether oxygens (including phenoxy) is 2. The van der Waals surface area contributed by atoms with Gasteiger partial charge in [0.15, 0.2) is 0 Å². The molecule has 19 heavy (non-hydrogen) atoms. The number of amides is 1. The summed E-state index contributed by atoms with van der Waals surface area (Å²) in [5.41, 5.74) is 0. The van der Waals surface area contributed by atoms with Crippen LogP contribution in [0.15, 0.2) is 0 Å². The number of carbonyl (C=O) groups is 1. The smallest absolute Gasteiger partial charge is 0.226 e. The maximum Gasteiger partial charge on any atom is 0.226 e. The van der Waals surface area contributed by atoms with E-state index in [1.165, 1.54) is 0 Å². The van der Waals surface area contributed by atoms with Gasteiger partial charge >= 0.3 is 0 Å². The second-order valence-electron chi connectivity index (χ2n) is 5.55. The lowest BCUT2D eigenvalue weighted by atomic mass is 9.86. The lowest BCUT2D eigenvalue weighted by Crippen LogP contribution is -2.51. The number of aliphatic hydroxyl groups is 1. The molecule has 0 spiro atoms. The topological polar surface area (TPSA) is 59.0 Å². The Hall–Kier alpha value is -0.650. The first-order valence-electron chi connectivity index (χ1n) is 7.27. The van der Waals surface area contributed by atoms with Gasteiger partial charge < -0.3 is 19.5 Å². The van der Waals surface area contributed by atoms with Gasteiger partial charge in [-0.1, -0.05) is 0 Å². The van der Waals surface area contributed by atoms with Crippen LogP contribution in [0.5, 0.6) is 0 Å². The summed E-state index contributed by atoms with van der Waals surface area (Å²) in [6.07, 6.45) is 3.76. The van der Waals surface area contributed by atoms with Gasteiger partial charge in [-0.25, -0.2) is 0 Å². The number of hydrogen-bond acceptors (Lipinski definition) is 4. The third-order valence-corrected chi connectivity index (χ3v) is 4.21. The Bertz CT molecular complexity index is 289. The normalized spacial score (nSPS) is 32.3. The fraction of sp³-hybridized carbons (Fsp3) is 0.929. The number of aliphatic hydroxyl groups excluding tert-OH is 1. The zero-order valence-electron chi connectivity index (χ0n) is 11.7. The Balaban J connectivity index is 1.91. The molecule has 1 aliphatic heterocycles. The maximum atomic E-state index is 12.6. The molecule has 0 bridgehead atoms. The summed E-state index contributed by atoms with van der Waals surface area (Å²) in [4.78, 5) is 14.6. The molecule has 5 heteroatoms. The summed E-state index contributed by atoms with van der Waals surface area (Å²) >= 11 is 0. The quantitative estimate of drug-likeness (QED) is 0.822. The van der Waals surface area contributed by atoms with E-state index in [9.17, 15) is 9.90 Å². The standard InChI is InChI=1S/C14H25NO4/c1-18-8-6-12-10-19-9-7-15(12)14(17)11-2-4-13(16)5-3-11/h11-13,16H,2-10H2,1H3. The van der Waals surface area contributed by atoms with Gasteiger partial charge in [0.25, 0.3) is 0 Å². The van der Waals surface area contributed by atoms with Gasteiger partial charge in [0.1, 0.15) is 0 Å². The zero-order valence-corrected chi connectivity index (χ0v) is 11.7. The average Bonchev–Trinajstić information content (AvgIpc) is 2.45. The van der Waals surface area contributed by atoms with Crippen molar-refractivity contribution < 1.29 is 19.4 Å². The molecule has 1 saturated heterocycles. The molecule has 0 radical (unpaired) electrons. The minimum Gasteiger partial charge on any atom is -0.393 e. The van der Waals surface area contributed by atoms with Crippen molar-refractivity contribution in [2.45, 2.75) is 44.2 Å². The first-order chi connectivity index (χ1) is 9.22. The molecular weight excluding hydrogens is 246 g/mol. The van der Waals surface area contributed by atoms with E-state index in [-0.39, 0.29) is 24.0 Å². The van der Waals surface area contributed by atoms with Crippen LogP contribution < -0.4 is 0 Å². The first-order valence-corrected chi connectivity index (χ1v) is 7.27. The minimum atomic E-state index is -0.210. The van der Waals surface area contributed by atoms with Crippen LogP contribution in [0.1, 0.15) is 32.1 Å². The van der Waals surface area contributed by atoms with Crippen molar-refractivity contribution in [2.24, 2.45) is 5.92 Å². The zero-order chi connectivity index (χ0) is 13.7. The molecule has 2 rings (SSSR count). The minimum absolute atomic E-state index is 0.0894. The van der Waals surface area contributed by atoms with Crippen LogP contribution in [0.2, 0.25) is 0 Å². The molecule has 1 heterocycles. The van der Waals surface area contributed by atoms with Crippen LogP contribution >= 0.6 is 0 Å². The molecule has 2 fully saturated rings. The number of nitrogens with zero attached hydrogens (tertiary/aromatic N) is 1. The number of methoxy groups -OCH3 is 1. The van der Waals surface area contributed by atoms with Gasteiger partial charge in [0.05, 0.1) is 25.4 Å².